The fourth-order valence-electron chi connectivity index (χ4n) is 4.21. The number of hydrogen-bond donors (Lipinski definition) is 0. The van der Waals surface area contributed by atoms with Crippen LogP contribution in [0.3, 0.4) is 0 Å². The molecule has 0 N–H and O–H groups in total. The summed E-state index contributed by atoms with van der Waals surface area (Å²) >= 11 is 4.07. The van der Waals surface area contributed by atoms with Crippen molar-refractivity contribution in [2.75, 3.05) is 0 Å². The molecule has 0 heterocycles. The Morgan fingerprint density at radius 1 is 0.812 bits per heavy atom. The monoisotopic (exact) mass is 333 g/mol. The predicted molar refractivity (Wildman–Crippen MR) is 72.6 cm³/mol. The molecule has 2 heteroatoms. The van der Waals surface area contributed by atoms with Crippen molar-refractivity contribution in [2.45, 2.75) is 88.6 Å². The average molecular weight is 334 g/mol. The second-order valence-electron chi connectivity index (χ2n) is 6.93. The molecule has 99 valence electrons. The van der Waals surface area contributed by atoms with Crippen LogP contribution in [0.5, 0.6) is 0 Å². The molecule has 2 aliphatic carbocycles. The zero-order chi connectivity index (χ0) is 11.8. The van der Waals surface area contributed by atoms with E-state index in [0.717, 1.165) is 11.3 Å². The summed E-state index contributed by atoms with van der Waals surface area (Å²) in [4.78, 5) is 0. The summed E-state index contributed by atoms with van der Waals surface area (Å²) < 4.78 is 0. The van der Waals surface area contributed by atoms with E-state index >= 15 is 0 Å². The summed E-state index contributed by atoms with van der Waals surface area (Å²) in [5.74, 6) is 0. The summed E-state index contributed by atoms with van der Waals surface area (Å²) in [5, 5.41) is 0.555. The first-order chi connectivity index (χ1) is 7.46. The van der Waals surface area contributed by atoms with Gasteiger partial charge in [-0.05, 0) is 0 Å². The van der Waals surface area contributed by atoms with Gasteiger partial charge in [0.15, 0.2) is 0 Å². The van der Waals surface area contributed by atoms with Gasteiger partial charge < -0.3 is 0 Å². The predicted octanol–water partition coefficient (Wildman–Crippen LogP) is 4.88. The minimum atomic E-state index is -1.23. The van der Waals surface area contributed by atoms with Crippen molar-refractivity contribution < 1.29 is 18.7 Å². The van der Waals surface area contributed by atoms with E-state index < -0.39 is 5.45 Å². The van der Waals surface area contributed by atoms with Gasteiger partial charge in [-0.3, -0.25) is 0 Å². The van der Waals surface area contributed by atoms with Crippen LogP contribution in [0, 0.1) is 0 Å². The molecule has 0 atom stereocenters. The Balaban J connectivity index is 2.23. The normalized spacial score (nSPS) is 26.6. The molecule has 0 aromatic rings. The second kappa shape index (κ2) is 4.99. The Labute approximate surface area is 113 Å². The number of rotatable bonds is 2. The van der Waals surface area contributed by atoms with Gasteiger partial charge in [-0.15, -0.1) is 0 Å². The molecule has 2 aliphatic rings. The molecule has 0 radical (unpaired) electrons. The van der Waals surface area contributed by atoms with Crippen molar-refractivity contribution in [1.82, 2.24) is 0 Å². The van der Waals surface area contributed by atoms with Crippen LogP contribution >= 0.6 is 5.45 Å². The summed E-state index contributed by atoms with van der Waals surface area (Å²) in [6.07, 6.45) is 12.1. The van der Waals surface area contributed by atoms with Gasteiger partial charge in [-0.25, -0.2) is 0 Å². The first-order valence-electron chi connectivity index (χ1n) is 7.12. The number of hydrogen-bond acceptors (Lipinski definition) is 0. The van der Waals surface area contributed by atoms with Crippen molar-refractivity contribution in [3.63, 3.8) is 0 Å². The zero-order valence-corrected chi connectivity index (χ0v) is 13.7. The summed E-state index contributed by atoms with van der Waals surface area (Å²) in [6.45, 7) is 7.54. The summed E-state index contributed by atoms with van der Waals surface area (Å²) in [7, 11) is 0. The van der Waals surface area contributed by atoms with E-state index in [2.05, 4.69) is 39.5 Å². The molecule has 0 saturated heterocycles. The van der Waals surface area contributed by atoms with Crippen molar-refractivity contribution in [2.24, 2.45) is 0 Å². The fraction of sp³-hybridized carbons (Fsp3) is 1.00. The molecule has 16 heavy (non-hydrogen) atoms. The van der Waals surface area contributed by atoms with Gasteiger partial charge in [0.1, 0.15) is 0 Å². The van der Waals surface area contributed by atoms with Crippen molar-refractivity contribution in [3.8, 4) is 0 Å². The van der Waals surface area contributed by atoms with Crippen LogP contribution < -0.4 is 0 Å². The van der Waals surface area contributed by atoms with Crippen LogP contribution in [0.1, 0.15) is 72.1 Å². The van der Waals surface area contributed by atoms with E-state index in [1.165, 1.54) is 51.4 Å². The molecule has 2 fully saturated rings. The van der Waals surface area contributed by atoms with Crippen molar-refractivity contribution >= 4 is 5.45 Å². The van der Waals surface area contributed by atoms with Crippen LogP contribution in [-0.4, -0.2) is 16.5 Å². The van der Waals surface area contributed by atoms with Crippen LogP contribution in [-0.2, 0) is 18.7 Å². The SMILES string of the molecule is CC(C)(C)[PH]([Pd])(C1CCCC1)C1CCCC1. The van der Waals surface area contributed by atoms with Gasteiger partial charge >= 0.3 is 113 Å². The summed E-state index contributed by atoms with van der Waals surface area (Å²) in [6, 6.07) is 0. The van der Waals surface area contributed by atoms with Crippen molar-refractivity contribution in [1.29, 1.82) is 0 Å². The Hall–Kier alpha value is 1.09. The van der Waals surface area contributed by atoms with E-state index in [1.54, 1.807) is 0 Å². The Bertz CT molecular complexity index is 216. The molecule has 0 nitrogen and oxygen atoms in total. The molecule has 0 aromatic heterocycles. The van der Waals surface area contributed by atoms with Gasteiger partial charge in [0, 0.05) is 0 Å². The Morgan fingerprint density at radius 3 is 1.38 bits per heavy atom. The van der Waals surface area contributed by atoms with Crippen LogP contribution in [0.2, 0.25) is 0 Å². The zero-order valence-electron chi connectivity index (χ0n) is 11.1. The molecule has 0 spiro atoms. The quantitative estimate of drug-likeness (QED) is 0.499. The first-order valence-corrected chi connectivity index (χ1v) is 11.4. The third-order valence-electron chi connectivity index (χ3n) is 4.95. The molecule has 0 amide bonds. The average Bonchev–Trinajstić information content (AvgIpc) is 2.88. The van der Waals surface area contributed by atoms with E-state index in [0.29, 0.717) is 5.16 Å². The molecule has 0 unspecified atom stereocenters. The minimum absolute atomic E-state index is 0.555. The van der Waals surface area contributed by atoms with Crippen LogP contribution in [0.25, 0.3) is 0 Å². The third kappa shape index (κ3) is 2.30. The van der Waals surface area contributed by atoms with Crippen molar-refractivity contribution in [3.05, 3.63) is 0 Å². The molecule has 2 rings (SSSR count). The van der Waals surface area contributed by atoms with Gasteiger partial charge in [0.05, 0.1) is 0 Å². The Morgan fingerprint density at radius 2 is 1.12 bits per heavy atom. The molecule has 0 aliphatic heterocycles. The molecule has 0 aromatic carbocycles. The maximum atomic E-state index is 4.07. The van der Waals surface area contributed by atoms with Crippen LogP contribution in [0.4, 0.5) is 0 Å². The maximum absolute atomic E-state index is 4.07. The third-order valence-corrected chi connectivity index (χ3v) is 17.9. The summed E-state index contributed by atoms with van der Waals surface area (Å²) in [5.41, 5.74) is 0.929. The van der Waals surface area contributed by atoms with Gasteiger partial charge in [-0.1, -0.05) is 0 Å². The fourth-order valence-corrected chi connectivity index (χ4v) is 12.4. The van der Waals surface area contributed by atoms with Crippen LogP contribution in [0.15, 0.2) is 0 Å². The Kier molecular flexibility index (Phi) is 4.22. The topological polar surface area (TPSA) is 0 Å². The van der Waals surface area contributed by atoms with Gasteiger partial charge in [0.2, 0.25) is 0 Å². The van der Waals surface area contributed by atoms with Gasteiger partial charge in [-0.2, -0.15) is 0 Å². The van der Waals surface area contributed by atoms with E-state index in [9.17, 15) is 0 Å². The molecular weight excluding hydrogens is 306 g/mol. The molecular formula is C14H28PPd. The standard InChI is InChI=1S/C14H27P.Pd/c1-14(2,3)15(12-8-4-5-9-12)13-10-6-7-11-13;/h12-13H,4-11H2,1-3H3;/q;-1/p+1. The second-order valence-corrected chi connectivity index (χ2v) is 15.4. The first kappa shape index (κ1) is 13.5. The molecule has 0 bridgehead atoms. The van der Waals surface area contributed by atoms with E-state index in [1.807, 2.05) is 0 Å². The van der Waals surface area contributed by atoms with E-state index in [4.69, 9.17) is 0 Å². The van der Waals surface area contributed by atoms with Gasteiger partial charge in [0.25, 0.3) is 0 Å². The molecule has 2 saturated carbocycles. The van der Waals surface area contributed by atoms with E-state index in [-0.39, 0.29) is 0 Å².